The molecule has 0 aliphatic carbocycles. The molecular formula is C17H27N3O2. The van der Waals surface area contributed by atoms with E-state index in [1.165, 1.54) is 38.5 Å². The Hall–Kier alpha value is -0.810. The Labute approximate surface area is 132 Å². The van der Waals surface area contributed by atoms with Gasteiger partial charge in [-0.1, -0.05) is 0 Å². The predicted molar refractivity (Wildman–Crippen MR) is 83.5 cm³/mol. The molecule has 5 aliphatic heterocycles. The molecule has 122 valence electrons. The molecule has 5 heterocycles. The summed E-state index contributed by atoms with van der Waals surface area (Å²) >= 11 is 0. The molecule has 4 saturated heterocycles. The molecule has 0 aromatic rings. The van der Waals surface area contributed by atoms with Crippen molar-refractivity contribution in [3.8, 4) is 0 Å². The quantitative estimate of drug-likeness (QED) is 0.746. The smallest absolute Gasteiger partial charge is 0.199 e. The fraction of sp³-hybridized carbons (Fsp3) is 0.941. The number of hydrogen-bond donors (Lipinski definition) is 1. The van der Waals surface area contributed by atoms with E-state index >= 15 is 0 Å². The van der Waals surface area contributed by atoms with Gasteiger partial charge in [-0.2, -0.15) is 0 Å². The summed E-state index contributed by atoms with van der Waals surface area (Å²) in [6, 6.07) is 1.23. The normalized spacial score (nSPS) is 47.3. The number of ether oxygens (including phenoxy) is 2. The van der Waals surface area contributed by atoms with Gasteiger partial charge in [-0.15, -0.1) is 0 Å². The van der Waals surface area contributed by atoms with Gasteiger partial charge in [0, 0.05) is 38.1 Å². The fourth-order valence-electron chi connectivity index (χ4n) is 5.30. The van der Waals surface area contributed by atoms with Crippen molar-refractivity contribution in [3.63, 3.8) is 0 Å². The molecule has 0 amide bonds. The van der Waals surface area contributed by atoms with E-state index in [1.807, 2.05) is 0 Å². The van der Waals surface area contributed by atoms with Gasteiger partial charge in [-0.3, -0.25) is 0 Å². The predicted octanol–water partition coefficient (Wildman–Crippen LogP) is 2.37. The third-order valence-electron chi connectivity index (χ3n) is 6.32. The molecule has 4 atom stereocenters. The van der Waals surface area contributed by atoms with Crippen molar-refractivity contribution in [1.82, 2.24) is 10.2 Å². The van der Waals surface area contributed by atoms with Crippen LogP contribution in [-0.4, -0.2) is 47.6 Å². The second kappa shape index (κ2) is 4.84. The van der Waals surface area contributed by atoms with Crippen molar-refractivity contribution < 1.29 is 9.47 Å². The number of guanidine groups is 1. The van der Waals surface area contributed by atoms with Gasteiger partial charge in [-0.05, 0) is 51.4 Å². The highest BCUT2D eigenvalue weighted by Gasteiger charge is 2.53. The number of nitrogens with one attached hydrogen (secondary N) is 1. The molecule has 1 N–H and O–H groups in total. The Morgan fingerprint density at radius 2 is 1.73 bits per heavy atom. The van der Waals surface area contributed by atoms with E-state index in [0.717, 1.165) is 44.9 Å². The molecular weight excluding hydrogens is 278 g/mol. The summed E-state index contributed by atoms with van der Waals surface area (Å²) in [7, 11) is 0. The summed E-state index contributed by atoms with van der Waals surface area (Å²) in [6.07, 6.45) is 11.9. The highest BCUT2D eigenvalue weighted by molar-refractivity contribution is 5.83. The zero-order chi connectivity index (χ0) is 14.6. The van der Waals surface area contributed by atoms with E-state index < -0.39 is 0 Å². The lowest BCUT2D eigenvalue weighted by molar-refractivity contribution is -0.128. The number of nitrogens with zero attached hydrogens (tertiary/aromatic N) is 2. The zero-order valence-corrected chi connectivity index (χ0v) is 13.4. The molecule has 22 heavy (non-hydrogen) atoms. The van der Waals surface area contributed by atoms with Gasteiger partial charge in [-0.25, -0.2) is 4.99 Å². The van der Waals surface area contributed by atoms with E-state index in [-0.39, 0.29) is 11.4 Å². The maximum Gasteiger partial charge on any atom is 0.199 e. The van der Waals surface area contributed by atoms with Gasteiger partial charge in [0.05, 0.1) is 0 Å². The van der Waals surface area contributed by atoms with Crippen LogP contribution in [-0.2, 0) is 9.47 Å². The van der Waals surface area contributed by atoms with Crippen LogP contribution < -0.4 is 5.32 Å². The van der Waals surface area contributed by atoms with Gasteiger partial charge in [0.2, 0.25) is 0 Å². The zero-order valence-electron chi connectivity index (χ0n) is 13.4. The lowest BCUT2D eigenvalue weighted by atomic mass is 9.91. The Balaban J connectivity index is 1.49. The maximum atomic E-state index is 6.22. The molecule has 2 spiro atoms. The van der Waals surface area contributed by atoms with Crippen LogP contribution in [0.25, 0.3) is 0 Å². The topological polar surface area (TPSA) is 46.1 Å². The molecule has 0 radical (unpaired) electrons. The van der Waals surface area contributed by atoms with Crippen LogP contribution in [0.1, 0.15) is 64.2 Å². The minimum Gasteiger partial charge on any atom is -0.356 e. The first-order chi connectivity index (χ1) is 10.8. The molecule has 5 heteroatoms. The first-order valence-corrected chi connectivity index (χ1v) is 9.22. The van der Waals surface area contributed by atoms with Crippen LogP contribution in [0.15, 0.2) is 4.99 Å². The number of hydrogen-bond acceptors (Lipinski definition) is 5. The van der Waals surface area contributed by atoms with Crippen LogP contribution in [0.4, 0.5) is 0 Å². The van der Waals surface area contributed by atoms with Crippen molar-refractivity contribution >= 4 is 5.96 Å². The molecule has 0 unspecified atom stereocenters. The standard InChI is InChI=1S/C17H27N3O2/c1-3-9-21-16(7-1)11-13-5-6-14-12-17(8-2-4-10-22-17)19-15(18-16)20(13)14/h13-14H,1-12H2,(H,18,19)/t13-,14+,16-,17+. The lowest BCUT2D eigenvalue weighted by Gasteiger charge is -2.53. The molecule has 0 bridgehead atoms. The Morgan fingerprint density at radius 3 is 2.45 bits per heavy atom. The second-order valence-electron chi connectivity index (χ2n) is 7.81. The highest BCUT2D eigenvalue weighted by Crippen LogP contribution is 2.45. The summed E-state index contributed by atoms with van der Waals surface area (Å²) in [6.45, 7) is 1.76. The molecule has 5 nitrogen and oxygen atoms in total. The molecule has 0 aromatic carbocycles. The third kappa shape index (κ3) is 2.01. The van der Waals surface area contributed by atoms with Crippen molar-refractivity contribution in [2.45, 2.75) is 87.7 Å². The summed E-state index contributed by atoms with van der Waals surface area (Å²) in [5.74, 6) is 1.08. The molecule has 0 saturated carbocycles. The van der Waals surface area contributed by atoms with Crippen molar-refractivity contribution in [3.05, 3.63) is 0 Å². The van der Waals surface area contributed by atoms with Gasteiger partial charge in [0.1, 0.15) is 5.72 Å². The fourth-order valence-corrected chi connectivity index (χ4v) is 5.30. The van der Waals surface area contributed by atoms with E-state index in [4.69, 9.17) is 14.5 Å². The van der Waals surface area contributed by atoms with Crippen LogP contribution in [0, 0.1) is 0 Å². The lowest BCUT2D eigenvalue weighted by Crippen LogP contribution is -2.68. The van der Waals surface area contributed by atoms with Gasteiger partial charge in [0.15, 0.2) is 11.7 Å². The monoisotopic (exact) mass is 305 g/mol. The third-order valence-corrected chi connectivity index (χ3v) is 6.32. The maximum absolute atomic E-state index is 6.22. The van der Waals surface area contributed by atoms with E-state index in [9.17, 15) is 0 Å². The van der Waals surface area contributed by atoms with Crippen LogP contribution >= 0.6 is 0 Å². The minimum atomic E-state index is -0.246. The minimum absolute atomic E-state index is 0.152. The first-order valence-electron chi connectivity index (χ1n) is 9.22. The summed E-state index contributed by atoms with van der Waals surface area (Å²) in [5, 5.41) is 3.72. The van der Waals surface area contributed by atoms with Crippen molar-refractivity contribution in [2.75, 3.05) is 13.2 Å². The van der Waals surface area contributed by atoms with E-state index in [0.29, 0.717) is 12.1 Å². The van der Waals surface area contributed by atoms with Crippen molar-refractivity contribution in [2.24, 2.45) is 4.99 Å². The molecule has 0 aromatic heterocycles. The SMILES string of the molecule is C1CC[C@@]2(C[C@@H]3CC[C@@H]4C[C@]5(CCCCO5)NC(=N2)N43)OC1. The average molecular weight is 305 g/mol. The first kappa shape index (κ1) is 13.6. The number of rotatable bonds is 0. The van der Waals surface area contributed by atoms with E-state index in [2.05, 4.69) is 10.2 Å². The number of aliphatic imine (C=N–C) groups is 1. The molecule has 5 aliphatic rings. The highest BCUT2D eigenvalue weighted by atomic mass is 16.5. The van der Waals surface area contributed by atoms with Crippen molar-refractivity contribution in [1.29, 1.82) is 0 Å². The van der Waals surface area contributed by atoms with Crippen LogP contribution in [0.2, 0.25) is 0 Å². The van der Waals surface area contributed by atoms with Gasteiger partial charge in [0.25, 0.3) is 0 Å². The van der Waals surface area contributed by atoms with E-state index in [1.54, 1.807) is 0 Å². The Bertz CT molecular complexity index is 480. The average Bonchev–Trinajstić information content (AvgIpc) is 2.91. The van der Waals surface area contributed by atoms with Gasteiger partial charge >= 0.3 is 0 Å². The van der Waals surface area contributed by atoms with Gasteiger partial charge < -0.3 is 19.7 Å². The Kier molecular flexibility index (Phi) is 3.00. The largest absolute Gasteiger partial charge is 0.356 e. The summed E-state index contributed by atoms with van der Waals surface area (Å²) < 4.78 is 12.4. The summed E-state index contributed by atoms with van der Waals surface area (Å²) in [4.78, 5) is 7.68. The second-order valence-corrected chi connectivity index (χ2v) is 7.81. The van der Waals surface area contributed by atoms with Crippen LogP contribution in [0.5, 0.6) is 0 Å². The molecule has 4 fully saturated rings. The van der Waals surface area contributed by atoms with Crippen LogP contribution in [0.3, 0.4) is 0 Å². The molecule has 5 rings (SSSR count). The summed E-state index contributed by atoms with van der Waals surface area (Å²) in [5.41, 5.74) is -0.399. The Morgan fingerprint density at radius 1 is 0.955 bits per heavy atom.